The van der Waals surface area contributed by atoms with Crippen LogP contribution < -0.4 is 0 Å². The zero-order valence-corrected chi connectivity index (χ0v) is 62.3. The molecule has 3 N–H and O–H groups in total. The number of carbonyl (C=O) groups excluding carboxylic acids is 4. The van der Waals surface area contributed by atoms with Crippen molar-refractivity contribution < 1.29 is 80.2 Å². The van der Waals surface area contributed by atoms with Crippen LogP contribution in [0, 0.1) is 11.8 Å². The minimum atomic E-state index is -4.95. The van der Waals surface area contributed by atoms with E-state index in [1.807, 2.05) is 0 Å². The lowest BCUT2D eigenvalue weighted by Crippen LogP contribution is -2.30. The van der Waals surface area contributed by atoms with Gasteiger partial charge < -0.3 is 33.8 Å². The molecule has 552 valence electrons. The van der Waals surface area contributed by atoms with Crippen LogP contribution in [0.4, 0.5) is 0 Å². The molecule has 0 spiro atoms. The predicted molar refractivity (Wildman–Crippen MR) is 377 cm³/mol. The molecule has 19 heteroatoms. The zero-order chi connectivity index (χ0) is 68.6. The molecule has 0 aliphatic heterocycles. The maximum Gasteiger partial charge on any atom is 0.472 e. The van der Waals surface area contributed by atoms with Crippen LogP contribution in [0.15, 0.2) is 0 Å². The van der Waals surface area contributed by atoms with Crippen molar-refractivity contribution in [3.8, 4) is 0 Å². The van der Waals surface area contributed by atoms with Gasteiger partial charge in [0.15, 0.2) is 12.2 Å². The molecule has 0 fully saturated rings. The number of phosphoric acid groups is 2. The van der Waals surface area contributed by atoms with Gasteiger partial charge in [-0.2, -0.15) is 0 Å². The molecule has 0 aromatic heterocycles. The fraction of sp³-hybridized carbons (Fsp3) is 0.946. The van der Waals surface area contributed by atoms with Crippen LogP contribution in [-0.4, -0.2) is 96.7 Å². The minimum Gasteiger partial charge on any atom is -0.462 e. The minimum absolute atomic E-state index is 0.105. The number of aliphatic hydroxyl groups excluding tert-OH is 1. The van der Waals surface area contributed by atoms with Gasteiger partial charge >= 0.3 is 39.5 Å². The normalized spacial score (nSPS) is 14.1. The topological polar surface area (TPSA) is 237 Å². The standard InChI is InChI=1S/C74H144O17P2/c1-7-9-11-13-15-17-19-21-23-25-27-32-38-44-50-56-71(76)84-62-69(90-73(78)58-52-46-39-33-28-26-24-22-20-18-16-14-12-10-8-2)64-88-92(80,81)86-60-68(75)61-87-93(82,83)89-65-70(63-85-72(77)57-51-45-41-35-37-43-49-55-67(5)6)91-74(79)59-53-47-40-34-30-29-31-36-42-48-54-66(3)4/h66-70,75H,7-65H2,1-6H3,(H,80,81)(H,82,83)/t68-,69-,70-/m1/s1. The first kappa shape index (κ1) is 91.1. The summed E-state index contributed by atoms with van der Waals surface area (Å²) in [4.78, 5) is 72.7. The van der Waals surface area contributed by atoms with E-state index < -0.39 is 97.5 Å². The summed E-state index contributed by atoms with van der Waals surface area (Å²) in [6.45, 7) is 9.52. The van der Waals surface area contributed by atoms with E-state index in [9.17, 15) is 43.2 Å². The van der Waals surface area contributed by atoms with Gasteiger partial charge in [-0.05, 0) is 37.5 Å². The van der Waals surface area contributed by atoms with E-state index in [0.717, 1.165) is 102 Å². The van der Waals surface area contributed by atoms with Gasteiger partial charge in [0.1, 0.15) is 19.3 Å². The van der Waals surface area contributed by atoms with E-state index in [1.165, 1.54) is 193 Å². The van der Waals surface area contributed by atoms with Crippen molar-refractivity contribution in [2.24, 2.45) is 11.8 Å². The van der Waals surface area contributed by atoms with E-state index in [2.05, 4.69) is 41.5 Å². The number of rotatable bonds is 73. The molecular formula is C74H144O17P2. The molecule has 17 nitrogen and oxygen atoms in total. The van der Waals surface area contributed by atoms with Crippen molar-refractivity contribution in [3.63, 3.8) is 0 Å². The molecule has 0 aromatic carbocycles. The summed E-state index contributed by atoms with van der Waals surface area (Å²) in [5, 5.41) is 10.6. The number of ether oxygens (including phenoxy) is 4. The second kappa shape index (κ2) is 66.0. The van der Waals surface area contributed by atoms with E-state index in [4.69, 9.17) is 37.0 Å². The number of esters is 4. The highest BCUT2D eigenvalue weighted by atomic mass is 31.2. The van der Waals surface area contributed by atoms with Gasteiger partial charge in [0.25, 0.3) is 0 Å². The second-order valence-corrected chi connectivity index (χ2v) is 30.5. The molecule has 2 unspecified atom stereocenters. The highest BCUT2D eigenvalue weighted by Gasteiger charge is 2.30. The van der Waals surface area contributed by atoms with Crippen LogP contribution >= 0.6 is 15.6 Å². The van der Waals surface area contributed by atoms with Crippen molar-refractivity contribution in [1.82, 2.24) is 0 Å². The molecule has 0 heterocycles. The van der Waals surface area contributed by atoms with E-state index in [0.29, 0.717) is 31.6 Å². The summed E-state index contributed by atoms with van der Waals surface area (Å²) in [5.41, 5.74) is 0. The molecule has 0 aliphatic rings. The SMILES string of the molecule is CCCCCCCCCCCCCCCCCC(=O)OC[C@H](COP(=O)(O)OC[C@@H](O)COP(=O)(O)OC[C@@H](COC(=O)CCCCCCCCCC(C)C)OC(=O)CCCCCCCCCCCCC(C)C)OC(=O)CCCCCCCCCCCCCCCCC. The maximum atomic E-state index is 13.1. The Labute approximate surface area is 568 Å². The summed E-state index contributed by atoms with van der Waals surface area (Å²) in [5.74, 6) is -0.660. The van der Waals surface area contributed by atoms with Gasteiger partial charge in [-0.25, -0.2) is 9.13 Å². The van der Waals surface area contributed by atoms with E-state index in [-0.39, 0.29) is 25.7 Å². The van der Waals surface area contributed by atoms with Gasteiger partial charge in [0, 0.05) is 25.7 Å². The van der Waals surface area contributed by atoms with Crippen LogP contribution in [0.25, 0.3) is 0 Å². The maximum absolute atomic E-state index is 13.1. The Bertz CT molecular complexity index is 1800. The van der Waals surface area contributed by atoms with Crippen LogP contribution in [0.1, 0.15) is 382 Å². The van der Waals surface area contributed by atoms with Crippen molar-refractivity contribution in [1.29, 1.82) is 0 Å². The van der Waals surface area contributed by atoms with Gasteiger partial charge in [-0.3, -0.25) is 37.3 Å². The number of hydrogen-bond donors (Lipinski definition) is 3. The Morgan fingerprint density at radius 1 is 0.290 bits per heavy atom. The summed E-state index contributed by atoms with van der Waals surface area (Å²) >= 11 is 0. The second-order valence-electron chi connectivity index (χ2n) is 27.6. The van der Waals surface area contributed by atoms with Crippen LogP contribution in [0.3, 0.4) is 0 Å². The highest BCUT2D eigenvalue weighted by Crippen LogP contribution is 2.45. The lowest BCUT2D eigenvalue weighted by molar-refractivity contribution is -0.161. The monoisotopic (exact) mass is 1370 g/mol. The molecule has 0 saturated heterocycles. The van der Waals surface area contributed by atoms with Crippen molar-refractivity contribution in [2.75, 3.05) is 39.6 Å². The third kappa shape index (κ3) is 68.4. The Morgan fingerprint density at radius 3 is 0.731 bits per heavy atom. The summed E-state index contributed by atoms with van der Waals surface area (Å²) in [6, 6.07) is 0. The molecule has 0 aliphatic carbocycles. The Hall–Kier alpha value is -1.94. The van der Waals surface area contributed by atoms with E-state index in [1.54, 1.807) is 0 Å². The fourth-order valence-electron chi connectivity index (χ4n) is 11.3. The molecule has 0 saturated carbocycles. The van der Waals surface area contributed by atoms with Crippen molar-refractivity contribution in [3.05, 3.63) is 0 Å². The Balaban J connectivity index is 5.25. The third-order valence-electron chi connectivity index (χ3n) is 17.2. The van der Waals surface area contributed by atoms with Crippen LogP contribution in [-0.2, 0) is 65.4 Å². The number of hydrogen-bond acceptors (Lipinski definition) is 15. The molecule has 0 bridgehead atoms. The Kier molecular flexibility index (Phi) is 64.6. The van der Waals surface area contributed by atoms with Gasteiger partial charge in [0.2, 0.25) is 0 Å². The molecule has 0 amide bonds. The first-order chi connectivity index (χ1) is 44.9. The number of unbranched alkanes of at least 4 members (excludes halogenated alkanes) is 43. The van der Waals surface area contributed by atoms with Crippen LogP contribution in [0.5, 0.6) is 0 Å². The predicted octanol–water partition coefficient (Wildman–Crippen LogP) is 21.6. The van der Waals surface area contributed by atoms with E-state index >= 15 is 0 Å². The average Bonchev–Trinajstić information content (AvgIpc) is 3.14. The number of aliphatic hydroxyl groups is 1. The third-order valence-corrected chi connectivity index (χ3v) is 19.1. The molecule has 0 radical (unpaired) electrons. The molecule has 0 rings (SSSR count). The fourth-order valence-corrected chi connectivity index (χ4v) is 12.9. The largest absolute Gasteiger partial charge is 0.472 e. The average molecular weight is 1370 g/mol. The lowest BCUT2D eigenvalue weighted by Gasteiger charge is -2.21. The smallest absolute Gasteiger partial charge is 0.462 e. The summed E-state index contributed by atoms with van der Waals surface area (Å²) in [6.07, 6.45) is 52.7. The first-order valence-electron chi connectivity index (χ1n) is 38.5. The summed E-state index contributed by atoms with van der Waals surface area (Å²) in [7, 11) is -9.91. The lowest BCUT2D eigenvalue weighted by atomic mass is 10.0. The first-order valence-corrected chi connectivity index (χ1v) is 41.5. The zero-order valence-electron chi connectivity index (χ0n) is 60.6. The van der Waals surface area contributed by atoms with Crippen LogP contribution in [0.2, 0.25) is 0 Å². The number of carbonyl (C=O) groups is 4. The highest BCUT2D eigenvalue weighted by molar-refractivity contribution is 7.47. The van der Waals surface area contributed by atoms with Crippen molar-refractivity contribution in [2.45, 2.75) is 400 Å². The van der Waals surface area contributed by atoms with Gasteiger partial charge in [-0.15, -0.1) is 0 Å². The Morgan fingerprint density at radius 2 is 0.495 bits per heavy atom. The quantitative estimate of drug-likeness (QED) is 0.0222. The molecular weight excluding hydrogens is 1220 g/mol. The summed E-state index contributed by atoms with van der Waals surface area (Å²) < 4.78 is 68.5. The van der Waals surface area contributed by atoms with Gasteiger partial charge in [0.05, 0.1) is 26.4 Å². The molecule has 5 atom stereocenters. The molecule has 93 heavy (non-hydrogen) atoms. The van der Waals surface area contributed by atoms with Crippen molar-refractivity contribution >= 4 is 39.5 Å². The number of phosphoric ester groups is 2. The van der Waals surface area contributed by atoms with Gasteiger partial charge in [-0.1, -0.05) is 330 Å². The molecule has 0 aromatic rings.